The third-order valence-corrected chi connectivity index (χ3v) is 13.3. The number of aliphatic hydroxyl groups excluding tert-OH is 1. The van der Waals surface area contributed by atoms with Crippen LogP contribution in [0.25, 0.3) is 0 Å². The monoisotopic (exact) mass is 578 g/mol. The van der Waals surface area contributed by atoms with Crippen molar-refractivity contribution in [2.24, 2.45) is 5.92 Å². The summed E-state index contributed by atoms with van der Waals surface area (Å²) in [5.41, 5.74) is -1.76. The van der Waals surface area contributed by atoms with E-state index in [1.54, 1.807) is 14.0 Å². The average molecular weight is 582 g/mol. The molecule has 0 aromatic rings. The molecule has 3 nitrogen and oxygen atoms in total. The number of alkyl halides is 4. The molecule has 8 unspecified atom stereocenters. The van der Waals surface area contributed by atoms with Gasteiger partial charge in [-0.3, -0.25) is 0 Å². The Morgan fingerprint density at radius 2 is 1.10 bits per heavy atom. The highest BCUT2D eigenvalue weighted by atomic mass is 35.5. The van der Waals surface area contributed by atoms with E-state index in [1.165, 1.54) is 7.11 Å². The van der Waals surface area contributed by atoms with Crippen LogP contribution in [0.5, 0.6) is 0 Å². The number of methoxy groups -OCH3 is 2. The van der Waals surface area contributed by atoms with Crippen LogP contribution >= 0.6 is 92.8 Å². The molecule has 30 heavy (non-hydrogen) atoms. The first kappa shape index (κ1) is 26.3. The number of rotatable bonds is 2. The van der Waals surface area contributed by atoms with E-state index in [4.69, 9.17) is 102 Å². The molecule has 0 spiro atoms. The zero-order valence-corrected chi connectivity index (χ0v) is 22.9. The van der Waals surface area contributed by atoms with Crippen LogP contribution in [-0.2, 0) is 9.47 Å². The fourth-order valence-corrected chi connectivity index (χ4v) is 9.33. The molecule has 4 rings (SSSR count). The number of ether oxygens (including phenoxy) is 2. The van der Waals surface area contributed by atoms with Gasteiger partial charge in [-0.1, -0.05) is 53.3 Å². The minimum atomic E-state index is -1.25. The van der Waals surface area contributed by atoms with Crippen LogP contribution in [0.1, 0.15) is 33.6 Å². The van der Waals surface area contributed by atoms with Crippen molar-refractivity contribution in [3.63, 3.8) is 0 Å². The highest BCUT2D eigenvalue weighted by molar-refractivity contribution is 6.53. The molecule has 0 amide bonds. The van der Waals surface area contributed by atoms with Gasteiger partial charge in [-0.15, -0.1) is 46.4 Å². The van der Waals surface area contributed by atoms with E-state index in [9.17, 15) is 5.11 Å². The first-order valence-corrected chi connectivity index (χ1v) is 12.2. The smallest absolute Gasteiger partial charge is 0.138 e. The highest BCUT2D eigenvalue weighted by Gasteiger charge is 2.78. The molecule has 1 N–H and O–H groups in total. The molecule has 0 saturated heterocycles. The second-order valence-electron chi connectivity index (χ2n) is 8.58. The van der Waals surface area contributed by atoms with Crippen LogP contribution in [0.2, 0.25) is 0 Å². The van der Waals surface area contributed by atoms with Crippen LogP contribution in [-0.4, -0.2) is 56.1 Å². The first-order chi connectivity index (χ1) is 13.5. The first-order valence-electron chi connectivity index (χ1n) is 9.17. The van der Waals surface area contributed by atoms with Crippen molar-refractivity contribution in [2.75, 3.05) is 14.2 Å². The normalized spacial score (nSPS) is 54.2. The summed E-state index contributed by atoms with van der Waals surface area (Å²) in [6.07, 6.45) is 0.0474. The number of hydrogen-bond acceptors (Lipinski definition) is 3. The van der Waals surface area contributed by atoms with Crippen LogP contribution in [0.4, 0.5) is 0 Å². The van der Waals surface area contributed by atoms with Crippen LogP contribution < -0.4 is 0 Å². The summed E-state index contributed by atoms with van der Waals surface area (Å²) in [5.74, 6) is 0.136. The Hall–Kier alpha value is 1.68. The van der Waals surface area contributed by atoms with Crippen molar-refractivity contribution in [1.82, 2.24) is 0 Å². The lowest BCUT2D eigenvalue weighted by Gasteiger charge is -2.39. The lowest BCUT2D eigenvalue weighted by Crippen LogP contribution is -2.53. The van der Waals surface area contributed by atoms with E-state index in [0.29, 0.717) is 16.5 Å². The summed E-state index contributed by atoms with van der Waals surface area (Å²) in [5, 5.41) is 11.3. The second kappa shape index (κ2) is 7.59. The van der Waals surface area contributed by atoms with Gasteiger partial charge in [-0.2, -0.15) is 0 Å². The maximum Gasteiger partial charge on any atom is 0.138 e. The molecular weight excluding hydrogens is 560 g/mol. The van der Waals surface area contributed by atoms with Crippen LogP contribution in [0.15, 0.2) is 20.1 Å². The Morgan fingerprint density at radius 1 is 0.733 bits per heavy atom. The van der Waals surface area contributed by atoms with Crippen LogP contribution in [0.3, 0.4) is 0 Å². The third-order valence-electron chi connectivity index (χ3n) is 7.64. The quantitative estimate of drug-likeness (QED) is 0.361. The minimum absolute atomic E-state index is 0.136. The Morgan fingerprint density at radius 3 is 1.40 bits per heavy atom. The van der Waals surface area contributed by atoms with Gasteiger partial charge in [0, 0.05) is 20.6 Å². The fraction of sp³-hybridized carbons (Fsp3) is 0.789. The van der Waals surface area contributed by atoms with Crippen LogP contribution in [0, 0.1) is 5.92 Å². The molecule has 0 aromatic carbocycles. The van der Waals surface area contributed by atoms with Gasteiger partial charge < -0.3 is 14.6 Å². The Labute approximate surface area is 216 Å². The molecule has 8 atom stereocenters. The topological polar surface area (TPSA) is 38.7 Å². The van der Waals surface area contributed by atoms with Gasteiger partial charge in [0.1, 0.15) is 30.7 Å². The van der Waals surface area contributed by atoms with Gasteiger partial charge in [0.25, 0.3) is 0 Å². The standard InChI is InChI=1S/C10H12Cl4O.C9H10Cl4O2/c1-5-4-9(13)6(11)7(12)10(5,14)8(9,2)15-3;1-7(15-2)8(12)3-4(14)9(7,13)6(11)5(8)10/h5H,4H2,1-3H3;4,14H,3H2,1-2H3. The summed E-state index contributed by atoms with van der Waals surface area (Å²) in [7, 11) is 3.07. The minimum Gasteiger partial charge on any atom is -0.391 e. The second-order valence-corrected chi connectivity index (χ2v) is 12.6. The molecule has 0 aliphatic heterocycles. The van der Waals surface area contributed by atoms with Crippen molar-refractivity contribution in [2.45, 2.75) is 70.4 Å². The number of fused-ring (bicyclic) bond motifs is 4. The summed E-state index contributed by atoms with van der Waals surface area (Å²) in [6.45, 7) is 5.59. The van der Waals surface area contributed by atoms with Gasteiger partial charge in [0.2, 0.25) is 0 Å². The van der Waals surface area contributed by atoms with Crippen molar-refractivity contribution < 1.29 is 14.6 Å². The van der Waals surface area contributed by atoms with E-state index in [1.807, 2.05) is 13.8 Å². The Bertz CT molecular complexity index is 782. The van der Waals surface area contributed by atoms with Crippen molar-refractivity contribution in [3.05, 3.63) is 20.1 Å². The molecule has 0 aromatic heterocycles. The SMILES string of the molecule is COC1(C)C2(Cl)CC(C)C1(Cl)C(Cl)=C2Cl.COC1(C)C2(Cl)CC(O)C1(Cl)C(Cl)=C2Cl. The van der Waals surface area contributed by atoms with Crippen molar-refractivity contribution in [3.8, 4) is 0 Å². The van der Waals surface area contributed by atoms with Gasteiger partial charge >= 0.3 is 0 Å². The fourth-order valence-electron chi connectivity index (χ4n) is 5.39. The predicted octanol–water partition coefficient (Wildman–Crippen LogP) is 6.90. The maximum absolute atomic E-state index is 9.93. The molecule has 172 valence electrons. The summed E-state index contributed by atoms with van der Waals surface area (Å²) < 4.78 is 10.9. The molecule has 0 radical (unpaired) electrons. The van der Waals surface area contributed by atoms with Gasteiger partial charge in [-0.05, 0) is 26.2 Å². The van der Waals surface area contributed by atoms with Gasteiger partial charge in [-0.25, -0.2) is 0 Å². The zero-order chi connectivity index (χ0) is 23.3. The molecule has 4 bridgehead atoms. The largest absolute Gasteiger partial charge is 0.391 e. The Balaban J connectivity index is 0.000000171. The lowest BCUT2D eigenvalue weighted by molar-refractivity contribution is -0.0213. The van der Waals surface area contributed by atoms with Crippen molar-refractivity contribution in [1.29, 1.82) is 0 Å². The molecule has 4 aliphatic carbocycles. The molecule has 11 heteroatoms. The zero-order valence-electron chi connectivity index (χ0n) is 16.9. The summed E-state index contributed by atoms with van der Waals surface area (Å²) >= 11 is 50.4. The van der Waals surface area contributed by atoms with E-state index in [2.05, 4.69) is 0 Å². The summed E-state index contributed by atoms with van der Waals surface area (Å²) in [4.78, 5) is -3.88. The van der Waals surface area contributed by atoms with E-state index >= 15 is 0 Å². The van der Waals surface area contributed by atoms with E-state index in [0.717, 1.165) is 0 Å². The average Bonchev–Trinajstić information content (AvgIpc) is 3.06. The molecular formula is C19H22Cl8O3. The molecule has 4 aliphatic rings. The Kier molecular flexibility index (Phi) is 6.65. The molecule has 2 fully saturated rings. The third kappa shape index (κ3) is 2.56. The highest BCUT2D eigenvalue weighted by Crippen LogP contribution is 2.71. The number of halogens is 8. The maximum atomic E-state index is 9.93. The van der Waals surface area contributed by atoms with Gasteiger partial charge in [0.15, 0.2) is 0 Å². The molecule has 2 saturated carbocycles. The molecule has 0 heterocycles. The lowest BCUT2D eigenvalue weighted by atomic mass is 9.88. The predicted molar refractivity (Wildman–Crippen MR) is 127 cm³/mol. The van der Waals surface area contributed by atoms with E-state index in [-0.39, 0.29) is 22.4 Å². The van der Waals surface area contributed by atoms with Crippen molar-refractivity contribution >= 4 is 92.8 Å². The summed E-state index contributed by atoms with van der Waals surface area (Å²) in [6, 6.07) is 0. The van der Waals surface area contributed by atoms with Gasteiger partial charge in [0.05, 0.1) is 26.2 Å². The number of aliphatic hydroxyl groups is 1. The number of hydrogen-bond donors (Lipinski definition) is 1. The van der Waals surface area contributed by atoms with E-state index < -0.39 is 36.8 Å².